The Bertz CT molecular complexity index is 505. The zero-order valence-corrected chi connectivity index (χ0v) is 9.93. The lowest BCUT2D eigenvalue weighted by Crippen LogP contribution is -2.04. The van der Waals surface area contributed by atoms with Gasteiger partial charge in [-0.15, -0.1) is 5.10 Å². The number of hydrogen-bond donors (Lipinski definition) is 1. The summed E-state index contributed by atoms with van der Waals surface area (Å²) in [7, 11) is 1.71. The predicted molar refractivity (Wildman–Crippen MR) is 60.9 cm³/mol. The van der Waals surface area contributed by atoms with E-state index in [1.165, 1.54) is 22.5 Å². The maximum Gasteiger partial charge on any atom is 0.209 e. The fourth-order valence-corrected chi connectivity index (χ4v) is 2.14. The fourth-order valence-electron chi connectivity index (χ4n) is 1.33. The number of halogens is 1. The summed E-state index contributed by atoms with van der Waals surface area (Å²) in [6.45, 7) is 0. The summed E-state index contributed by atoms with van der Waals surface area (Å²) in [6.07, 6.45) is -0.877. The number of tetrazole rings is 1. The van der Waals surface area contributed by atoms with E-state index in [0.29, 0.717) is 10.9 Å². The van der Waals surface area contributed by atoms with Crippen LogP contribution < -0.4 is 0 Å². The second-order valence-corrected chi connectivity index (χ2v) is 4.42. The lowest BCUT2D eigenvalue weighted by Gasteiger charge is -2.10. The van der Waals surface area contributed by atoms with Crippen LogP contribution in [-0.2, 0) is 7.05 Å². The van der Waals surface area contributed by atoms with Gasteiger partial charge in [0.25, 0.3) is 0 Å². The number of aliphatic hydroxyl groups excluding tert-OH is 1. The lowest BCUT2D eigenvalue weighted by atomic mass is 10.1. The predicted octanol–water partition coefficient (Wildman–Crippen LogP) is 1.17. The molecule has 1 N–H and O–H groups in total. The van der Waals surface area contributed by atoms with Crippen molar-refractivity contribution in [2.75, 3.05) is 5.75 Å². The molecule has 1 aromatic heterocycles. The molecule has 7 heteroatoms. The van der Waals surface area contributed by atoms with Gasteiger partial charge < -0.3 is 5.11 Å². The maximum atomic E-state index is 13.4. The summed E-state index contributed by atoms with van der Waals surface area (Å²) in [6, 6.07) is 6.17. The Labute approximate surface area is 102 Å². The highest BCUT2D eigenvalue weighted by Gasteiger charge is 2.14. The van der Waals surface area contributed by atoms with Crippen molar-refractivity contribution in [3.8, 4) is 0 Å². The summed E-state index contributed by atoms with van der Waals surface area (Å²) in [5.74, 6) is -0.105. The van der Waals surface area contributed by atoms with E-state index in [-0.39, 0.29) is 5.56 Å². The highest BCUT2D eigenvalue weighted by atomic mass is 32.2. The number of hydrogen-bond acceptors (Lipinski definition) is 5. The Morgan fingerprint density at radius 2 is 2.24 bits per heavy atom. The third-order valence-electron chi connectivity index (χ3n) is 2.22. The van der Waals surface area contributed by atoms with Crippen LogP contribution in [0.15, 0.2) is 29.4 Å². The number of thioether (sulfide) groups is 1. The van der Waals surface area contributed by atoms with Crippen molar-refractivity contribution in [1.82, 2.24) is 20.2 Å². The Morgan fingerprint density at radius 3 is 2.88 bits per heavy atom. The summed E-state index contributed by atoms with van der Waals surface area (Å²) in [5.41, 5.74) is 0.287. The zero-order chi connectivity index (χ0) is 12.3. The molecule has 0 bridgehead atoms. The van der Waals surface area contributed by atoms with Crippen LogP contribution in [0.25, 0.3) is 0 Å². The highest BCUT2D eigenvalue weighted by molar-refractivity contribution is 7.99. The molecule has 1 unspecified atom stereocenters. The molecule has 0 aliphatic carbocycles. The maximum absolute atomic E-state index is 13.4. The molecule has 1 atom stereocenters. The summed E-state index contributed by atoms with van der Waals surface area (Å²) < 4.78 is 14.9. The van der Waals surface area contributed by atoms with Gasteiger partial charge in [-0.3, -0.25) is 0 Å². The van der Waals surface area contributed by atoms with E-state index >= 15 is 0 Å². The summed E-state index contributed by atoms with van der Waals surface area (Å²) in [4.78, 5) is 0. The lowest BCUT2D eigenvalue weighted by molar-refractivity contribution is 0.199. The third kappa shape index (κ3) is 2.80. The normalized spacial score (nSPS) is 12.6. The van der Waals surface area contributed by atoms with Gasteiger partial charge in [-0.25, -0.2) is 9.07 Å². The molecule has 0 radical (unpaired) electrons. The van der Waals surface area contributed by atoms with Gasteiger partial charge in [0.1, 0.15) is 5.82 Å². The van der Waals surface area contributed by atoms with E-state index in [0.717, 1.165) is 0 Å². The first-order valence-corrected chi connectivity index (χ1v) is 5.94. The number of aliphatic hydroxyl groups is 1. The van der Waals surface area contributed by atoms with Crippen molar-refractivity contribution >= 4 is 11.8 Å². The van der Waals surface area contributed by atoms with Gasteiger partial charge in [-0.2, -0.15) is 0 Å². The minimum absolute atomic E-state index is 0.287. The first kappa shape index (κ1) is 12.0. The molecule has 5 nitrogen and oxygen atoms in total. The van der Waals surface area contributed by atoms with Gasteiger partial charge >= 0.3 is 0 Å². The van der Waals surface area contributed by atoms with Gasteiger partial charge in [0, 0.05) is 18.4 Å². The minimum Gasteiger partial charge on any atom is -0.387 e. The average molecular weight is 254 g/mol. The van der Waals surface area contributed by atoms with E-state index in [4.69, 9.17) is 0 Å². The van der Waals surface area contributed by atoms with E-state index in [1.54, 1.807) is 25.2 Å². The number of benzene rings is 1. The Balaban J connectivity index is 2.01. The van der Waals surface area contributed by atoms with Crippen molar-refractivity contribution in [3.05, 3.63) is 35.6 Å². The molecule has 2 rings (SSSR count). The molecule has 17 heavy (non-hydrogen) atoms. The molecule has 1 aromatic carbocycles. The Hall–Kier alpha value is -1.47. The molecule has 2 aromatic rings. The van der Waals surface area contributed by atoms with E-state index in [1.807, 2.05) is 0 Å². The monoisotopic (exact) mass is 254 g/mol. The van der Waals surface area contributed by atoms with Gasteiger partial charge in [-0.1, -0.05) is 30.0 Å². The van der Waals surface area contributed by atoms with Gasteiger partial charge in [0.05, 0.1) is 6.10 Å². The topological polar surface area (TPSA) is 63.8 Å². The molecule has 0 aliphatic heterocycles. The standard InChI is InChI=1S/C10H11FN4OS/c1-15-10(12-13-14-15)17-6-9(16)7-4-2-3-5-8(7)11/h2-5,9,16H,6H2,1H3. The fraction of sp³-hybridized carbons (Fsp3) is 0.300. The van der Waals surface area contributed by atoms with Crippen LogP contribution in [0.1, 0.15) is 11.7 Å². The molecule has 1 heterocycles. The second-order valence-electron chi connectivity index (χ2n) is 3.43. The molecule has 0 spiro atoms. The second kappa shape index (κ2) is 5.24. The SMILES string of the molecule is Cn1nnnc1SCC(O)c1ccccc1F. The van der Waals surface area contributed by atoms with Crippen molar-refractivity contribution < 1.29 is 9.50 Å². The van der Waals surface area contributed by atoms with Gasteiger partial charge in [0.2, 0.25) is 5.16 Å². The molecule has 0 aliphatic rings. The largest absolute Gasteiger partial charge is 0.387 e. The van der Waals surface area contributed by atoms with E-state index in [2.05, 4.69) is 15.5 Å². The van der Waals surface area contributed by atoms with Crippen LogP contribution in [0.3, 0.4) is 0 Å². The highest BCUT2D eigenvalue weighted by Crippen LogP contribution is 2.23. The summed E-state index contributed by atoms with van der Waals surface area (Å²) in [5, 5.41) is 21.3. The molecule has 0 fully saturated rings. The first-order chi connectivity index (χ1) is 8.18. The van der Waals surface area contributed by atoms with Crippen LogP contribution in [0, 0.1) is 5.82 Å². The molecular formula is C10H11FN4OS. The first-order valence-electron chi connectivity index (χ1n) is 4.96. The van der Waals surface area contributed by atoms with Crippen LogP contribution in [0.2, 0.25) is 0 Å². The number of nitrogens with zero attached hydrogens (tertiary/aromatic N) is 4. The van der Waals surface area contributed by atoms with E-state index in [9.17, 15) is 9.50 Å². The quantitative estimate of drug-likeness (QED) is 0.830. The van der Waals surface area contributed by atoms with Crippen molar-refractivity contribution in [2.24, 2.45) is 7.05 Å². The smallest absolute Gasteiger partial charge is 0.209 e. The minimum atomic E-state index is -0.877. The number of aryl methyl sites for hydroxylation is 1. The molecule has 0 amide bonds. The van der Waals surface area contributed by atoms with Crippen LogP contribution in [0.4, 0.5) is 4.39 Å². The number of rotatable bonds is 4. The molecular weight excluding hydrogens is 243 g/mol. The van der Waals surface area contributed by atoms with Crippen LogP contribution in [-0.4, -0.2) is 31.1 Å². The van der Waals surface area contributed by atoms with Crippen LogP contribution >= 0.6 is 11.8 Å². The Morgan fingerprint density at radius 1 is 1.47 bits per heavy atom. The molecule has 90 valence electrons. The summed E-state index contributed by atoms with van der Waals surface area (Å²) >= 11 is 1.28. The van der Waals surface area contributed by atoms with Crippen molar-refractivity contribution in [3.63, 3.8) is 0 Å². The van der Waals surface area contributed by atoms with Crippen molar-refractivity contribution in [2.45, 2.75) is 11.3 Å². The average Bonchev–Trinajstić information content (AvgIpc) is 2.72. The van der Waals surface area contributed by atoms with E-state index < -0.39 is 11.9 Å². The van der Waals surface area contributed by atoms with Gasteiger partial charge in [-0.05, 0) is 16.5 Å². The van der Waals surface area contributed by atoms with Gasteiger partial charge in [0.15, 0.2) is 0 Å². The van der Waals surface area contributed by atoms with Crippen molar-refractivity contribution in [1.29, 1.82) is 0 Å². The molecule has 0 saturated heterocycles. The zero-order valence-electron chi connectivity index (χ0n) is 9.12. The molecule has 0 saturated carbocycles. The third-order valence-corrected chi connectivity index (χ3v) is 3.30. The number of aromatic nitrogens is 4. The van der Waals surface area contributed by atoms with Crippen LogP contribution in [0.5, 0.6) is 0 Å². The Kier molecular flexibility index (Phi) is 3.70.